The number of hydrogen-bond acceptors (Lipinski definition) is 6. The first kappa shape index (κ1) is 14.2. The molecule has 1 aliphatic heterocycles. The minimum absolute atomic E-state index is 0.0439. The topological polar surface area (TPSA) is 86.8 Å². The van der Waals surface area contributed by atoms with E-state index in [1.54, 1.807) is 13.8 Å². The van der Waals surface area contributed by atoms with Gasteiger partial charge in [-0.2, -0.15) is 0 Å². The molecule has 1 aliphatic rings. The van der Waals surface area contributed by atoms with Crippen LogP contribution in [-0.4, -0.2) is 33.8 Å². The number of nitrogens with zero attached hydrogens (tertiary/aromatic N) is 2. The van der Waals surface area contributed by atoms with E-state index in [1.807, 2.05) is 4.90 Å². The fraction of sp³-hybridized carbons (Fsp3) is 0.667. The first-order chi connectivity index (χ1) is 8.80. The fourth-order valence-corrected chi connectivity index (χ4v) is 3.26. The molecule has 0 unspecified atom stereocenters. The Morgan fingerprint density at radius 1 is 1.53 bits per heavy atom. The molecule has 2 N–H and O–H groups in total. The van der Waals surface area contributed by atoms with Crippen molar-refractivity contribution in [3.05, 3.63) is 21.1 Å². The van der Waals surface area contributed by atoms with Crippen LogP contribution >= 0.6 is 11.3 Å². The van der Waals surface area contributed by atoms with Crippen LogP contribution in [-0.2, 0) is 0 Å². The lowest BCUT2D eigenvalue weighted by molar-refractivity contribution is -0.383. The number of nitro groups is 1. The van der Waals surface area contributed by atoms with Gasteiger partial charge in [-0.15, -0.1) is 11.3 Å². The van der Waals surface area contributed by atoms with Crippen molar-refractivity contribution in [1.82, 2.24) is 0 Å². The zero-order chi connectivity index (χ0) is 14.2. The summed E-state index contributed by atoms with van der Waals surface area (Å²) < 4.78 is 0. The molecule has 2 heterocycles. The second kappa shape index (κ2) is 5.07. The summed E-state index contributed by atoms with van der Waals surface area (Å²) in [5.41, 5.74) is -0.641. The molecular formula is C12H18N2O4S. The van der Waals surface area contributed by atoms with Crippen LogP contribution < -0.4 is 4.90 Å². The summed E-state index contributed by atoms with van der Waals surface area (Å²) in [6.07, 6.45) is 0.475. The molecular weight excluding hydrogens is 268 g/mol. The Labute approximate surface area is 115 Å². The van der Waals surface area contributed by atoms with E-state index in [0.717, 1.165) is 0 Å². The molecule has 1 saturated heterocycles. The van der Waals surface area contributed by atoms with E-state index in [2.05, 4.69) is 0 Å². The molecule has 0 saturated carbocycles. The van der Waals surface area contributed by atoms with Gasteiger partial charge in [0.2, 0.25) is 0 Å². The smallest absolute Gasteiger partial charge is 0.304 e. The first-order valence-electron chi connectivity index (χ1n) is 6.24. The molecule has 106 valence electrons. The highest BCUT2D eigenvalue weighted by molar-refractivity contribution is 7.16. The van der Waals surface area contributed by atoms with E-state index in [1.165, 1.54) is 17.4 Å². The molecule has 0 amide bonds. The normalized spacial score (nSPS) is 20.3. The molecule has 0 aliphatic carbocycles. The van der Waals surface area contributed by atoms with Gasteiger partial charge >= 0.3 is 5.69 Å². The number of thiophene rings is 1. The van der Waals surface area contributed by atoms with Gasteiger partial charge in [-0.05, 0) is 26.7 Å². The predicted molar refractivity (Wildman–Crippen MR) is 73.7 cm³/mol. The lowest BCUT2D eigenvalue weighted by atomic mass is 9.94. The minimum atomic E-state index is -0.703. The quantitative estimate of drug-likeness (QED) is 0.656. The highest BCUT2D eigenvalue weighted by Crippen LogP contribution is 2.41. The van der Waals surface area contributed by atoms with E-state index in [9.17, 15) is 20.3 Å². The van der Waals surface area contributed by atoms with Gasteiger partial charge in [0, 0.05) is 24.0 Å². The number of aliphatic hydroxyl groups is 2. The SMILES string of the molecule is C[C@@H](O)c1cc([N+](=O)[O-])c(N2CCC(C)(O)CC2)s1. The zero-order valence-electron chi connectivity index (χ0n) is 11.0. The average Bonchev–Trinajstić information content (AvgIpc) is 2.74. The molecule has 0 spiro atoms. The van der Waals surface area contributed by atoms with Gasteiger partial charge in [0.1, 0.15) is 0 Å². The molecule has 2 rings (SSSR count). The largest absolute Gasteiger partial charge is 0.390 e. The molecule has 0 aromatic carbocycles. The summed E-state index contributed by atoms with van der Waals surface area (Å²) in [7, 11) is 0. The highest BCUT2D eigenvalue weighted by Gasteiger charge is 2.32. The van der Waals surface area contributed by atoms with E-state index in [0.29, 0.717) is 35.8 Å². The summed E-state index contributed by atoms with van der Waals surface area (Å²) in [4.78, 5) is 13.2. The molecule has 7 heteroatoms. The molecule has 1 aromatic rings. The van der Waals surface area contributed by atoms with E-state index >= 15 is 0 Å². The lowest BCUT2D eigenvalue weighted by Crippen LogP contribution is -2.42. The van der Waals surface area contributed by atoms with Gasteiger partial charge in [0.05, 0.1) is 16.6 Å². The van der Waals surface area contributed by atoms with Crippen LogP contribution in [0.25, 0.3) is 0 Å². The maximum absolute atomic E-state index is 11.1. The summed E-state index contributed by atoms with van der Waals surface area (Å²) in [5.74, 6) is 0. The predicted octanol–water partition coefficient (Wildman–Crippen LogP) is 2.06. The van der Waals surface area contributed by atoms with Gasteiger partial charge in [0.15, 0.2) is 5.00 Å². The van der Waals surface area contributed by atoms with Crippen molar-refractivity contribution in [3.8, 4) is 0 Å². The third-order valence-corrected chi connectivity index (χ3v) is 4.80. The zero-order valence-corrected chi connectivity index (χ0v) is 11.8. The number of piperidine rings is 1. The molecule has 0 bridgehead atoms. The van der Waals surface area contributed by atoms with Gasteiger partial charge in [-0.1, -0.05) is 0 Å². The van der Waals surface area contributed by atoms with Crippen LogP contribution in [0.15, 0.2) is 6.07 Å². The van der Waals surface area contributed by atoms with Gasteiger partial charge in [-0.25, -0.2) is 0 Å². The van der Waals surface area contributed by atoms with Crippen LogP contribution in [0.1, 0.15) is 37.7 Å². The van der Waals surface area contributed by atoms with Crippen LogP contribution in [0, 0.1) is 10.1 Å². The minimum Gasteiger partial charge on any atom is -0.390 e. The van der Waals surface area contributed by atoms with Gasteiger partial charge in [0.25, 0.3) is 0 Å². The van der Waals surface area contributed by atoms with Gasteiger partial charge < -0.3 is 15.1 Å². The lowest BCUT2D eigenvalue weighted by Gasteiger charge is -2.35. The molecule has 0 radical (unpaired) electrons. The van der Waals surface area contributed by atoms with Crippen molar-refractivity contribution in [2.24, 2.45) is 0 Å². The monoisotopic (exact) mass is 286 g/mol. The average molecular weight is 286 g/mol. The molecule has 1 atom stereocenters. The highest BCUT2D eigenvalue weighted by atomic mass is 32.1. The van der Waals surface area contributed by atoms with Crippen LogP contribution in [0.5, 0.6) is 0 Å². The van der Waals surface area contributed by atoms with Crippen LogP contribution in [0.2, 0.25) is 0 Å². The summed E-state index contributed by atoms with van der Waals surface area (Å²) in [5, 5.41) is 31.1. The second-order valence-electron chi connectivity index (χ2n) is 5.26. The number of aliphatic hydroxyl groups excluding tert-OH is 1. The Hall–Kier alpha value is -1.18. The third-order valence-electron chi connectivity index (χ3n) is 3.45. The summed E-state index contributed by atoms with van der Waals surface area (Å²) >= 11 is 1.26. The van der Waals surface area contributed by atoms with Crippen molar-refractivity contribution in [2.75, 3.05) is 18.0 Å². The fourth-order valence-electron chi connectivity index (χ4n) is 2.14. The Morgan fingerprint density at radius 2 is 2.11 bits per heavy atom. The van der Waals surface area contributed by atoms with Crippen molar-refractivity contribution in [3.63, 3.8) is 0 Å². The molecule has 6 nitrogen and oxygen atoms in total. The second-order valence-corrected chi connectivity index (χ2v) is 6.32. The molecule has 19 heavy (non-hydrogen) atoms. The Bertz CT molecular complexity index is 474. The van der Waals surface area contributed by atoms with E-state index < -0.39 is 16.6 Å². The standard InChI is InChI=1S/C12H18N2O4S/c1-8(15)10-7-9(14(17)18)11(19-10)13-5-3-12(2,16)4-6-13/h7-8,15-16H,3-6H2,1-2H3/t8-/m1/s1. The Morgan fingerprint density at radius 3 is 2.58 bits per heavy atom. The third kappa shape index (κ3) is 3.05. The maximum atomic E-state index is 11.1. The summed E-state index contributed by atoms with van der Waals surface area (Å²) in [6.45, 7) is 4.57. The molecule has 1 aromatic heterocycles. The number of anilines is 1. The van der Waals surface area contributed by atoms with Crippen molar-refractivity contribution >= 4 is 22.0 Å². The molecule has 1 fully saturated rings. The van der Waals surface area contributed by atoms with Crippen molar-refractivity contribution in [1.29, 1.82) is 0 Å². The number of rotatable bonds is 3. The first-order valence-corrected chi connectivity index (χ1v) is 7.05. The number of hydrogen-bond donors (Lipinski definition) is 2. The Balaban J connectivity index is 2.26. The summed E-state index contributed by atoms with van der Waals surface area (Å²) in [6, 6.07) is 1.44. The van der Waals surface area contributed by atoms with Crippen LogP contribution in [0.3, 0.4) is 0 Å². The van der Waals surface area contributed by atoms with Crippen molar-refractivity contribution in [2.45, 2.75) is 38.4 Å². The van der Waals surface area contributed by atoms with E-state index in [-0.39, 0.29) is 5.69 Å². The maximum Gasteiger partial charge on any atom is 0.304 e. The van der Waals surface area contributed by atoms with Crippen molar-refractivity contribution < 1.29 is 15.1 Å². The van der Waals surface area contributed by atoms with Gasteiger partial charge in [-0.3, -0.25) is 10.1 Å². The Kier molecular flexibility index (Phi) is 3.80. The van der Waals surface area contributed by atoms with E-state index in [4.69, 9.17) is 0 Å². The van der Waals surface area contributed by atoms with Crippen LogP contribution in [0.4, 0.5) is 10.7 Å².